The van der Waals surface area contributed by atoms with E-state index in [2.05, 4.69) is 21.2 Å². The lowest BCUT2D eigenvalue weighted by Crippen LogP contribution is -2.30. The molecular formula is C25H24BrNO6. The van der Waals surface area contributed by atoms with Gasteiger partial charge in [-0.2, -0.15) is 0 Å². The maximum atomic E-state index is 12.5. The van der Waals surface area contributed by atoms with Crippen LogP contribution in [0.5, 0.6) is 17.2 Å². The van der Waals surface area contributed by atoms with Crippen molar-refractivity contribution >= 4 is 27.9 Å². The number of hydrogen-bond acceptors (Lipinski definition) is 6. The zero-order valence-corrected chi connectivity index (χ0v) is 19.9. The molecule has 0 unspecified atom stereocenters. The summed E-state index contributed by atoms with van der Waals surface area (Å²) in [5.41, 5.74) is 3.14. The SMILES string of the molecule is COc1ccc(COC(=O)NC(=O)c2ccc(OC)c(OCc3ccc(CBr)cc3)c2)cc1. The number of nitrogens with one attached hydrogen (secondary N) is 1. The summed E-state index contributed by atoms with van der Waals surface area (Å²) >= 11 is 3.42. The summed E-state index contributed by atoms with van der Waals surface area (Å²) in [6, 6.07) is 19.7. The molecule has 3 aromatic rings. The monoisotopic (exact) mass is 513 g/mol. The summed E-state index contributed by atoms with van der Waals surface area (Å²) in [5, 5.41) is 2.99. The van der Waals surface area contributed by atoms with E-state index in [9.17, 15) is 9.59 Å². The summed E-state index contributed by atoms with van der Waals surface area (Å²) < 4.78 is 21.4. The summed E-state index contributed by atoms with van der Waals surface area (Å²) in [4.78, 5) is 24.6. The highest BCUT2D eigenvalue weighted by molar-refractivity contribution is 9.08. The number of ether oxygens (including phenoxy) is 4. The summed E-state index contributed by atoms with van der Waals surface area (Å²) in [6.07, 6.45) is -0.846. The molecule has 3 rings (SSSR count). The molecule has 33 heavy (non-hydrogen) atoms. The lowest BCUT2D eigenvalue weighted by atomic mass is 10.1. The molecule has 0 radical (unpaired) electrons. The molecule has 0 atom stereocenters. The van der Waals surface area contributed by atoms with E-state index in [0.717, 1.165) is 22.0 Å². The van der Waals surface area contributed by atoms with E-state index in [0.29, 0.717) is 23.9 Å². The van der Waals surface area contributed by atoms with Crippen LogP contribution in [0.3, 0.4) is 0 Å². The topological polar surface area (TPSA) is 83.1 Å². The van der Waals surface area contributed by atoms with E-state index in [4.69, 9.17) is 18.9 Å². The minimum absolute atomic E-state index is 0.0218. The van der Waals surface area contributed by atoms with Gasteiger partial charge >= 0.3 is 6.09 Å². The Morgan fingerprint density at radius 3 is 2.06 bits per heavy atom. The Morgan fingerprint density at radius 2 is 1.42 bits per heavy atom. The van der Waals surface area contributed by atoms with Crippen molar-refractivity contribution in [3.05, 3.63) is 89.0 Å². The fourth-order valence-electron chi connectivity index (χ4n) is 2.89. The van der Waals surface area contributed by atoms with Crippen LogP contribution in [0.2, 0.25) is 0 Å². The van der Waals surface area contributed by atoms with Crippen molar-refractivity contribution in [3.8, 4) is 17.2 Å². The summed E-state index contributed by atoms with van der Waals surface area (Å²) in [6.45, 7) is 0.321. The first kappa shape index (κ1) is 24.1. The Kier molecular flexibility index (Phi) is 8.71. The van der Waals surface area contributed by atoms with Crippen molar-refractivity contribution in [1.29, 1.82) is 0 Å². The molecule has 3 aromatic carbocycles. The molecule has 0 spiro atoms. The highest BCUT2D eigenvalue weighted by Crippen LogP contribution is 2.29. The maximum Gasteiger partial charge on any atom is 0.414 e. The number of carbonyl (C=O) groups is 2. The molecule has 2 amide bonds. The van der Waals surface area contributed by atoms with Gasteiger partial charge in [0.1, 0.15) is 19.0 Å². The van der Waals surface area contributed by atoms with Gasteiger partial charge in [-0.25, -0.2) is 4.79 Å². The zero-order valence-electron chi connectivity index (χ0n) is 18.3. The van der Waals surface area contributed by atoms with Crippen LogP contribution in [0.1, 0.15) is 27.0 Å². The third kappa shape index (κ3) is 6.98. The molecule has 0 aromatic heterocycles. The van der Waals surface area contributed by atoms with Crippen LogP contribution in [-0.4, -0.2) is 26.2 Å². The minimum atomic E-state index is -0.846. The fraction of sp³-hybridized carbons (Fsp3) is 0.200. The number of rotatable bonds is 9. The third-order valence-corrected chi connectivity index (χ3v) is 5.39. The number of alkyl carbamates (subject to hydrolysis) is 1. The fourth-order valence-corrected chi connectivity index (χ4v) is 3.26. The molecule has 0 heterocycles. The van der Waals surface area contributed by atoms with Crippen LogP contribution in [0, 0.1) is 0 Å². The number of hydrogen-bond donors (Lipinski definition) is 1. The maximum absolute atomic E-state index is 12.5. The van der Waals surface area contributed by atoms with Gasteiger partial charge in [0.2, 0.25) is 0 Å². The second-order valence-corrected chi connectivity index (χ2v) is 7.54. The number of imide groups is 1. The van der Waals surface area contributed by atoms with Gasteiger partial charge in [0.25, 0.3) is 5.91 Å². The van der Waals surface area contributed by atoms with Gasteiger partial charge in [0, 0.05) is 10.9 Å². The van der Waals surface area contributed by atoms with Crippen molar-refractivity contribution in [3.63, 3.8) is 0 Å². The van der Waals surface area contributed by atoms with Crippen LogP contribution >= 0.6 is 15.9 Å². The number of halogens is 1. The van der Waals surface area contributed by atoms with E-state index in [1.807, 2.05) is 24.3 Å². The lowest BCUT2D eigenvalue weighted by Gasteiger charge is -2.13. The normalized spacial score (nSPS) is 10.3. The van der Waals surface area contributed by atoms with Crippen molar-refractivity contribution < 1.29 is 28.5 Å². The molecule has 0 saturated carbocycles. The first-order valence-electron chi connectivity index (χ1n) is 10.1. The summed E-state index contributed by atoms with van der Waals surface area (Å²) in [5.74, 6) is 0.961. The van der Waals surface area contributed by atoms with Crippen molar-refractivity contribution in [2.24, 2.45) is 0 Å². The van der Waals surface area contributed by atoms with Gasteiger partial charge in [-0.15, -0.1) is 0 Å². The molecule has 8 heteroatoms. The molecule has 1 N–H and O–H groups in total. The van der Waals surface area contributed by atoms with Gasteiger partial charge in [0.05, 0.1) is 14.2 Å². The van der Waals surface area contributed by atoms with Crippen LogP contribution in [0.4, 0.5) is 4.79 Å². The molecule has 7 nitrogen and oxygen atoms in total. The number of benzene rings is 3. The Hall–Kier alpha value is -3.52. The average molecular weight is 514 g/mol. The zero-order chi connectivity index (χ0) is 23.6. The predicted octanol–water partition coefficient (Wildman–Crippen LogP) is 5.24. The largest absolute Gasteiger partial charge is 0.497 e. The Bertz CT molecular complexity index is 1080. The Labute approximate surface area is 200 Å². The van der Waals surface area contributed by atoms with Gasteiger partial charge in [-0.3, -0.25) is 10.1 Å². The highest BCUT2D eigenvalue weighted by Gasteiger charge is 2.15. The molecule has 172 valence electrons. The van der Waals surface area contributed by atoms with Crippen molar-refractivity contribution in [2.75, 3.05) is 14.2 Å². The highest BCUT2D eigenvalue weighted by atomic mass is 79.9. The molecule has 0 aliphatic heterocycles. The molecule has 0 aliphatic carbocycles. The molecule has 0 fully saturated rings. The van der Waals surface area contributed by atoms with Gasteiger partial charge < -0.3 is 18.9 Å². The number of carbonyl (C=O) groups excluding carboxylic acids is 2. The molecule has 0 saturated heterocycles. The standard InChI is InChI=1S/C25H24BrNO6/c1-30-21-10-7-19(8-11-21)16-33-25(29)27-24(28)20-9-12-22(31-2)23(13-20)32-15-18-5-3-17(14-26)4-6-18/h3-13H,14-16H2,1-2H3,(H,27,28,29). The lowest BCUT2D eigenvalue weighted by molar-refractivity contribution is 0.0912. The van der Waals surface area contributed by atoms with Gasteiger partial charge in [0.15, 0.2) is 11.5 Å². The van der Waals surface area contributed by atoms with E-state index in [1.165, 1.54) is 13.2 Å². The predicted molar refractivity (Wildman–Crippen MR) is 127 cm³/mol. The number of methoxy groups -OCH3 is 2. The van der Waals surface area contributed by atoms with Gasteiger partial charge in [-0.1, -0.05) is 52.3 Å². The van der Waals surface area contributed by atoms with Crippen LogP contribution in [0.25, 0.3) is 0 Å². The Balaban J connectivity index is 1.59. The van der Waals surface area contributed by atoms with Crippen molar-refractivity contribution in [2.45, 2.75) is 18.5 Å². The molecule has 0 aliphatic rings. The average Bonchev–Trinajstić information content (AvgIpc) is 2.86. The van der Waals surface area contributed by atoms with Crippen LogP contribution in [0.15, 0.2) is 66.7 Å². The van der Waals surface area contributed by atoms with E-state index < -0.39 is 12.0 Å². The number of amides is 2. The van der Waals surface area contributed by atoms with Crippen LogP contribution < -0.4 is 19.5 Å². The summed E-state index contributed by atoms with van der Waals surface area (Å²) in [7, 11) is 3.09. The molecule has 0 bridgehead atoms. The third-order valence-electron chi connectivity index (χ3n) is 4.74. The second kappa shape index (κ2) is 11.9. The van der Waals surface area contributed by atoms with E-state index in [-0.39, 0.29) is 12.2 Å². The molecular weight excluding hydrogens is 490 g/mol. The first-order valence-corrected chi connectivity index (χ1v) is 11.2. The first-order chi connectivity index (χ1) is 16.0. The van der Waals surface area contributed by atoms with E-state index in [1.54, 1.807) is 43.5 Å². The Morgan fingerprint density at radius 1 is 0.788 bits per heavy atom. The minimum Gasteiger partial charge on any atom is -0.497 e. The number of alkyl halides is 1. The quantitative estimate of drug-likeness (QED) is 0.393. The van der Waals surface area contributed by atoms with Crippen LogP contribution in [-0.2, 0) is 23.3 Å². The second-order valence-electron chi connectivity index (χ2n) is 6.98. The van der Waals surface area contributed by atoms with E-state index >= 15 is 0 Å². The van der Waals surface area contributed by atoms with Gasteiger partial charge in [-0.05, 0) is 47.0 Å². The smallest absolute Gasteiger partial charge is 0.414 e. The van der Waals surface area contributed by atoms with Crippen molar-refractivity contribution in [1.82, 2.24) is 5.32 Å².